The molecule has 2 aromatic rings. The molecule has 0 atom stereocenters. The highest BCUT2D eigenvalue weighted by atomic mass is 19.1. The smallest absolute Gasteiger partial charge is 0.311 e. The standard InChI is InChI=1S/C12H11FN4O3/c1-20-10-6-7(2-3-8(10)13)15-12-9(17(18)19)4-5-11(14)16-12/h2-6H,1H3,(H3,14,15,16). The number of nitrogen functional groups attached to an aromatic ring is 1. The minimum atomic E-state index is -0.588. The second-order valence-corrected chi connectivity index (χ2v) is 3.84. The number of nitrogens with zero attached hydrogens (tertiary/aromatic N) is 2. The van der Waals surface area contributed by atoms with Gasteiger partial charge in [0.05, 0.1) is 12.0 Å². The molecule has 0 fully saturated rings. The van der Waals surface area contributed by atoms with Crippen molar-refractivity contribution in [2.45, 2.75) is 0 Å². The van der Waals surface area contributed by atoms with Crippen LogP contribution in [0.1, 0.15) is 0 Å². The third-order valence-corrected chi connectivity index (χ3v) is 2.51. The molecule has 0 aliphatic carbocycles. The molecule has 1 heterocycles. The van der Waals surface area contributed by atoms with Gasteiger partial charge in [-0.1, -0.05) is 0 Å². The zero-order valence-electron chi connectivity index (χ0n) is 10.5. The Balaban J connectivity index is 2.39. The Morgan fingerprint density at radius 3 is 2.80 bits per heavy atom. The second kappa shape index (κ2) is 5.39. The van der Waals surface area contributed by atoms with Crippen molar-refractivity contribution in [3.8, 4) is 5.75 Å². The van der Waals surface area contributed by atoms with E-state index in [0.717, 1.165) is 0 Å². The van der Waals surface area contributed by atoms with Crippen LogP contribution in [0.5, 0.6) is 5.75 Å². The number of anilines is 3. The van der Waals surface area contributed by atoms with Gasteiger partial charge in [-0.2, -0.15) is 0 Å². The summed E-state index contributed by atoms with van der Waals surface area (Å²) in [5, 5.41) is 13.6. The molecule has 0 aliphatic heterocycles. The number of nitrogens with one attached hydrogen (secondary N) is 1. The summed E-state index contributed by atoms with van der Waals surface area (Å²) in [5.74, 6) is -0.412. The van der Waals surface area contributed by atoms with Crippen molar-refractivity contribution in [3.63, 3.8) is 0 Å². The molecule has 2 rings (SSSR count). The Morgan fingerprint density at radius 1 is 1.40 bits per heavy atom. The van der Waals surface area contributed by atoms with E-state index in [2.05, 4.69) is 10.3 Å². The Hall–Kier alpha value is -2.90. The van der Waals surface area contributed by atoms with Crippen molar-refractivity contribution >= 4 is 23.0 Å². The van der Waals surface area contributed by atoms with E-state index in [4.69, 9.17) is 10.5 Å². The van der Waals surface area contributed by atoms with E-state index in [9.17, 15) is 14.5 Å². The summed E-state index contributed by atoms with van der Waals surface area (Å²) in [6.07, 6.45) is 0. The van der Waals surface area contributed by atoms with Crippen LogP contribution in [-0.2, 0) is 0 Å². The van der Waals surface area contributed by atoms with Gasteiger partial charge in [-0.3, -0.25) is 10.1 Å². The van der Waals surface area contributed by atoms with Gasteiger partial charge in [0.25, 0.3) is 0 Å². The SMILES string of the molecule is COc1cc(Nc2nc(N)ccc2[N+](=O)[O-])ccc1F. The van der Waals surface area contributed by atoms with Crippen LogP contribution in [0.25, 0.3) is 0 Å². The normalized spacial score (nSPS) is 10.1. The van der Waals surface area contributed by atoms with Gasteiger partial charge in [-0.05, 0) is 18.2 Å². The number of methoxy groups -OCH3 is 1. The first-order valence-corrected chi connectivity index (χ1v) is 5.52. The van der Waals surface area contributed by atoms with Crippen LogP contribution in [-0.4, -0.2) is 17.0 Å². The average Bonchev–Trinajstić information content (AvgIpc) is 2.40. The molecule has 7 nitrogen and oxygen atoms in total. The minimum absolute atomic E-state index is 0.0153. The molecule has 8 heteroatoms. The van der Waals surface area contributed by atoms with E-state index >= 15 is 0 Å². The van der Waals surface area contributed by atoms with E-state index < -0.39 is 10.7 Å². The number of nitro groups is 1. The maximum absolute atomic E-state index is 13.3. The number of ether oxygens (including phenoxy) is 1. The number of rotatable bonds is 4. The van der Waals surface area contributed by atoms with Gasteiger partial charge < -0.3 is 15.8 Å². The van der Waals surface area contributed by atoms with Crippen LogP contribution >= 0.6 is 0 Å². The first-order valence-electron chi connectivity index (χ1n) is 5.52. The topological polar surface area (TPSA) is 103 Å². The first-order chi connectivity index (χ1) is 9.51. The summed E-state index contributed by atoms with van der Waals surface area (Å²) in [6.45, 7) is 0. The van der Waals surface area contributed by atoms with E-state index in [-0.39, 0.29) is 23.1 Å². The summed E-state index contributed by atoms with van der Waals surface area (Å²) in [6, 6.07) is 6.52. The van der Waals surface area contributed by atoms with Crippen molar-refractivity contribution in [2.75, 3.05) is 18.2 Å². The Labute approximate surface area is 113 Å². The fraction of sp³-hybridized carbons (Fsp3) is 0.0833. The lowest BCUT2D eigenvalue weighted by molar-refractivity contribution is -0.384. The lowest BCUT2D eigenvalue weighted by Gasteiger charge is -2.09. The number of halogens is 1. The Morgan fingerprint density at radius 2 is 2.15 bits per heavy atom. The molecule has 0 bridgehead atoms. The number of hydrogen-bond acceptors (Lipinski definition) is 6. The van der Waals surface area contributed by atoms with Crippen LogP contribution in [0.3, 0.4) is 0 Å². The van der Waals surface area contributed by atoms with Gasteiger partial charge in [0.15, 0.2) is 11.6 Å². The fourth-order valence-electron chi connectivity index (χ4n) is 1.58. The molecule has 0 aliphatic rings. The van der Waals surface area contributed by atoms with E-state index in [1.165, 1.54) is 37.4 Å². The maximum Gasteiger partial charge on any atom is 0.311 e. The summed E-state index contributed by atoms with van der Waals surface area (Å²) in [4.78, 5) is 14.2. The molecule has 0 unspecified atom stereocenters. The highest BCUT2D eigenvalue weighted by molar-refractivity contribution is 5.68. The van der Waals surface area contributed by atoms with E-state index in [1.54, 1.807) is 0 Å². The third-order valence-electron chi connectivity index (χ3n) is 2.51. The van der Waals surface area contributed by atoms with Crippen LogP contribution in [0.15, 0.2) is 30.3 Å². The summed E-state index contributed by atoms with van der Waals surface area (Å²) >= 11 is 0. The van der Waals surface area contributed by atoms with Crippen LogP contribution in [0, 0.1) is 15.9 Å². The fourth-order valence-corrected chi connectivity index (χ4v) is 1.58. The molecule has 104 valence electrons. The van der Waals surface area contributed by atoms with Crippen LogP contribution in [0.4, 0.5) is 27.4 Å². The van der Waals surface area contributed by atoms with E-state index in [1.807, 2.05) is 0 Å². The summed E-state index contributed by atoms with van der Waals surface area (Å²) < 4.78 is 18.1. The molecule has 0 amide bonds. The van der Waals surface area contributed by atoms with Gasteiger partial charge in [-0.25, -0.2) is 9.37 Å². The molecule has 0 saturated carbocycles. The van der Waals surface area contributed by atoms with Gasteiger partial charge >= 0.3 is 5.69 Å². The van der Waals surface area contributed by atoms with Crippen LogP contribution in [0.2, 0.25) is 0 Å². The average molecular weight is 278 g/mol. The minimum Gasteiger partial charge on any atom is -0.494 e. The molecule has 0 saturated heterocycles. The second-order valence-electron chi connectivity index (χ2n) is 3.84. The highest BCUT2D eigenvalue weighted by Gasteiger charge is 2.16. The molecule has 0 radical (unpaired) electrons. The predicted molar refractivity (Wildman–Crippen MR) is 71.5 cm³/mol. The van der Waals surface area contributed by atoms with Gasteiger partial charge in [-0.15, -0.1) is 0 Å². The monoisotopic (exact) mass is 278 g/mol. The quantitative estimate of drug-likeness (QED) is 0.657. The largest absolute Gasteiger partial charge is 0.494 e. The number of hydrogen-bond donors (Lipinski definition) is 2. The third kappa shape index (κ3) is 2.74. The molecule has 20 heavy (non-hydrogen) atoms. The first kappa shape index (κ1) is 13.5. The summed E-state index contributed by atoms with van der Waals surface area (Å²) in [5.41, 5.74) is 5.66. The van der Waals surface area contributed by atoms with Crippen molar-refractivity contribution in [2.24, 2.45) is 0 Å². The Kier molecular flexibility index (Phi) is 3.65. The lowest BCUT2D eigenvalue weighted by Crippen LogP contribution is -2.02. The van der Waals surface area contributed by atoms with Gasteiger partial charge in [0.1, 0.15) is 5.82 Å². The van der Waals surface area contributed by atoms with Crippen molar-refractivity contribution in [3.05, 3.63) is 46.3 Å². The highest BCUT2D eigenvalue weighted by Crippen LogP contribution is 2.29. The van der Waals surface area contributed by atoms with E-state index in [0.29, 0.717) is 5.69 Å². The Bertz CT molecular complexity index is 663. The van der Waals surface area contributed by atoms with Crippen LogP contribution < -0.4 is 15.8 Å². The number of aromatic nitrogens is 1. The molecular weight excluding hydrogens is 267 g/mol. The van der Waals surface area contributed by atoms with Gasteiger partial charge in [0.2, 0.25) is 5.82 Å². The molecule has 1 aromatic heterocycles. The maximum atomic E-state index is 13.3. The number of benzene rings is 1. The van der Waals surface area contributed by atoms with Crippen molar-refractivity contribution in [1.82, 2.24) is 4.98 Å². The zero-order valence-corrected chi connectivity index (χ0v) is 10.5. The van der Waals surface area contributed by atoms with Gasteiger partial charge in [0, 0.05) is 17.8 Å². The van der Waals surface area contributed by atoms with Crippen molar-refractivity contribution < 1.29 is 14.1 Å². The predicted octanol–water partition coefficient (Wildman–Crippen LogP) is 2.46. The molecule has 1 aromatic carbocycles. The summed E-state index contributed by atoms with van der Waals surface area (Å²) in [7, 11) is 1.32. The lowest BCUT2D eigenvalue weighted by atomic mass is 10.2. The number of pyridine rings is 1. The zero-order chi connectivity index (χ0) is 14.7. The number of nitrogens with two attached hydrogens (primary N) is 1. The molecule has 3 N–H and O–H groups in total. The molecular formula is C12H11FN4O3. The molecule has 0 spiro atoms. The van der Waals surface area contributed by atoms with Crippen molar-refractivity contribution in [1.29, 1.82) is 0 Å².